The standard InChI is InChI=1S/C19H24N2O3/c1-13(2)15-9-5-6-10-16(15)21-18(23)19(3,4)17(22)20-12-14-8-7-11-24-14/h5-11,13H,12H2,1-4H3,(H,20,22)(H,21,23). The van der Waals surface area contributed by atoms with Crippen molar-refractivity contribution in [3.05, 3.63) is 54.0 Å². The zero-order valence-corrected chi connectivity index (χ0v) is 14.6. The fraction of sp³-hybridized carbons (Fsp3) is 0.368. The quantitative estimate of drug-likeness (QED) is 0.795. The molecular formula is C19H24N2O3. The minimum absolute atomic E-state index is 0.255. The summed E-state index contributed by atoms with van der Waals surface area (Å²) in [4.78, 5) is 25.0. The van der Waals surface area contributed by atoms with E-state index in [4.69, 9.17) is 4.42 Å². The van der Waals surface area contributed by atoms with Crippen molar-refractivity contribution >= 4 is 17.5 Å². The average molecular weight is 328 g/mol. The predicted octanol–water partition coefficient (Wildman–Crippen LogP) is 3.68. The van der Waals surface area contributed by atoms with Gasteiger partial charge < -0.3 is 15.1 Å². The van der Waals surface area contributed by atoms with Gasteiger partial charge in [-0.15, -0.1) is 0 Å². The molecule has 0 spiro atoms. The Morgan fingerprint density at radius 1 is 1.08 bits per heavy atom. The van der Waals surface area contributed by atoms with Crippen LogP contribution in [0.2, 0.25) is 0 Å². The van der Waals surface area contributed by atoms with Crippen molar-refractivity contribution < 1.29 is 14.0 Å². The molecule has 1 heterocycles. The number of carbonyl (C=O) groups is 2. The summed E-state index contributed by atoms with van der Waals surface area (Å²) in [5.41, 5.74) is 0.582. The molecule has 0 atom stereocenters. The van der Waals surface area contributed by atoms with Crippen molar-refractivity contribution in [2.75, 3.05) is 5.32 Å². The van der Waals surface area contributed by atoms with Crippen LogP contribution in [0.1, 0.15) is 44.9 Å². The SMILES string of the molecule is CC(C)c1ccccc1NC(=O)C(C)(C)C(=O)NCc1ccco1. The molecule has 2 rings (SSSR count). The highest BCUT2D eigenvalue weighted by Crippen LogP contribution is 2.26. The fourth-order valence-electron chi connectivity index (χ4n) is 2.30. The van der Waals surface area contributed by atoms with Gasteiger partial charge in [0, 0.05) is 5.69 Å². The Balaban J connectivity index is 2.05. The molecule has 2 amide bonds. The first-order chi connectivity index (χ1) is 11.3. The fourth-order valence-corrected chi connectivity index (χ4v) is 2.30. The van der Waals surface area contributed by atoms with Crippen LogP contribution in [0.15, 0.2) is 47.1 Å². The van der Waals surface area contributed by atoms with Crippen LogP contribution in [0.4, 0.5) is 5.69 Å². The number of hydrogen-bond donors (Lipinski definition) is 2. The van der Waals surface area contributed by atoms with Crippen LogP contribution in [0, 0.1) is 5.41 Å². The Hall–Kier alpha value is -2.56. The van der Waals surface area contributed by atoms with Crippen LogP contribution in [-0.2, 0) is 16.1 Å². The lowest BCUT2D eigenvalue weighted by Crippen LogP contribution is -2.45. The first kappa shape index (κ1) is 17.8. The van der Waals surface area contributed by atoms with E-state index >= 15 is 0 Å². The second kappa shape index (κ2) is 7.34. The molecule has 5 heteroatoms. The zero-order chi connectivity index (χ0) is 17.7. The van der Waals surface area contributed by atoms with Crippen LogP contribution in [0.25, 0.3) is 0 Å². The normalized spacial score (nSPS) is 11.4. The van der Waals surface area contributed by atoms with Crippen molar-refractivity contribution in [3.63, 3.8) is 0 Å². The highest BCUT2D eigenvalue weighted by Gasteiger charge is 2.36. The number of nitrogens with one attached hydrogen (secondary N) is 2. The summed E-state index contributed by atoms with van der Waals surface area (Å²) in [6.07, 6.45) is 1.54. The Bertz CT molecular complexity index is 703. The summed E-state index contributed by atoms with van der Waals surface area (Å²) in [5, 5.41) is 5.62. The molecule has 0 unspecified atom stereocenters. The second-order valence-electron chi connectivity index (χ2n) is 6.58. The molecule has 0 aliphatic carbocycles. The van der Waals surface area contributed by atoms with Gasteiger partial charge in [-0.05, 0) is 43.5 Å². The minimum Gasteiger partial charge on any atom is -0.467 e. The van der Waals surface area contributed by atoms with Crippen molar-refractivity contribution in [1.29, 1.82) is 0 Å². The summed E-state index contributed by atoms with van der Waals surface area (Å²) in [6.45, 7) is 7.60. The lowest BCUT2D eigenvalue weighted by Gasteiger charge is -2.24. The molecule has 0 fully saturated rings. The predicted molar refractivity (Wildman–Crippen MR) is 93.5 cm³/mol. The van der Waals surface area contributed by atoms with Gasteiger partial charge in [0.1, 0.15) is 11.2 Å². The Labute approximate surface area is 142 Å². The highest BCUT2D eigenvalue weighted by atomic mass is 16.3. The number of carbonyl (C=O) groups excluding carboxylic acids is 2. The van der Waals surface area contributed by atoms with E-state index in [9.17, 15) is 9.59 Å². The third kappa shape index (κ3) is 4.04. The maximum Gasteiger partial charge on any atom is 0.239 e. The summed E-state index contributed by atoms with van der Waals surface area (Å²) in [6, 6.07) is 11.2. The maximum atomic E-state index is 12.6. The van der Waals surface area contributed by atoms with Crippen LogP contribution in [0.3, 0.4) is 0 Å². The lowest BCUT2D eigenvalue weighted by molar-refractivity contribution is -0.138. The van der Waals surface area contributed by atoms with Crippen LogP contribution >= 0.6 is 0 Å². The van der Waals surface area contributed by atoms with Gasteiger partial charge in [0.05, 0.1) is 12.8 Å². The van der Waals surface area contributed by atoms with Gasteiger partial charge >= 0.3 is 0 Å². The topological polar surface area (TPSA) is 71.3 Å². The van der Waals surface area contributed by atoms with E-state index in [2.05, 4.69) is 24.5 Å². The number of hydrogen-bond acceptors (Lipinski definition) is 3. The molecule has 128 valence electrons. The van der Waals surface area contributed by atoms with Gasteiger partial charge in [-0.2, -0.15) is 0 Å². The molecule has 1 aromatic carbocycles. The molecule has 0 aliphatic heterocycles. The van der Waals surface area contributed by atoms with E-state index in [0.717, 1.165) is 11.3 Å². The molecule has 2 aromatic rings. The maximum absolute atomic E-state index is 12.6. The highest BCUT2D eigenvalue weighted by molar-refractivity contribution is 6.10. The minimum atomic E-state index is -1.20. The summed E-state index contributed by atoms with van der Waals surface area (Å²) < 4.78 is 5.18. The van der Waals surface area contributed by atoms with Crippen molar-refractivity contribution in [2.45, 2.75) is 40.2 Å². The molecule has 0 saturated carbocycles. The van der Waals surface area contributed by atoms with Crippen molar-refractivity contribution in [2.24, 2.45) is 5.41 Å². The van der Waals surface area contributed by atoms with Gasteiger partial charge in [0.15, 0.2) is 0 Å². The average Bonchev–Trinajstić information content (AvgIpc) is 3.06. The van der Waals surface area contributed by atoms with Crippen LogP contribution < -0.4 is 10.6 Å². The van der Waals surface area contributed by atoms with Crippen molar-refractivity contribution in [3.8, 4) is 0 Å². The smallest absolute Gasteiger partial charge is 0.239 e. The molecule has 0 saturated heterocycles. The molecule has 0 aliphatic rings. The van der Waals surface area contributed by atoms with E-state index in [1.54, 1.807) is 32.2 Å². The largest absolute Gasteiger partial charge is 0.467 e. The Kier molecular flexibility index (Phi) is 5.44. The third-order valence-electron chi connectivity index (χ3n) is 3.97. The molecule has 0 bridgehead atoms. The molecule has 1 aromatic heterocycles. The Morgan fingerprint density at radius 3 is 2.42 bits per heavy atom. The monoisotopic (exact) mass is 328 g/mol. The van der Waals surface area contributed by atoms with Crippen LogP contribution in [0.5, 0.6) is 0 Å². The second-order valence-corrected chi connectivity index (χ2v) is 6.58. The van der Waals surface area contributed by atoms with E-state index in [-0.39, 0.29) is 24.3 Å². The number of furan rings is 1. The molecular weight excluding hydrogens is 304 g/mol. The van der Waals surface area contributed by atoms with Crippen molar-refractivity contribution in [1.82, 2.24) is 5.32 Å². The van der Waals surface area contributed by atoms with E-state index in [1.807, 2.05) is 24.3 Å². The molecule has 2 N–H and O–H groups in total. The van der Waals surface area contributed by atoms with Gasteiger partial charge in [-0.3, -0.25) is 9.59 Å². The molecule has 5 nitrogen and oxygen atoms in total. The molecule has 0 radical (unpaired) electrons. The number of benzene rings is 1. The lowest BCUT2D eigenvalue weighted by atomic mass is 9.90. The number of amides is 2. The van der Waals surface area contributed by atoms with Gasteiger partial charge in [0.25, 0.3) is 0 Å². The summed E-state index contributed by atoms with van der Waals surface area (Å²) in [7, 11) is 0. The number of rotatable bonds is 6. The first-order valence-corrected chi connectivity index (χ1v) is 8.03. The first-order valence-electron chi connectivity index (χ1n) is 8.03. The zero-order valence-electron chi connectivity index (χ0n) is 14.6. The number of para-hydroxylation sites is 1. The van der Waals surface area contributed by atoms with E-state index in [1.165, 1.54) is 0 Å². The Morgan fingerprint density at radius 2 is 1.79 bits per heavy atom. The van der Waals surface area contributed by atoms with Gasteiger partial charge in [0.2, 0.25) is 11.8 Å². The van der Waals surface area contributed by atoms with Gasteiger partial charge in [-0.25, -0.2) is 0 Å². The van der Waals surface area contributed by atoms with E-state index < -0.39 is 5.41 Å². The summed E-state index contributed by atoms with van der Waals surface area (Å²) in [5.74, 6) is 0.230. The van der Waals surface area contributed by atoms with Crippen LogP contribution in [-0.4, -0.2) is 11.8 Å². The number of anilines is 1. The van der Waals surface area contributed by atoms with E-state index in [0.29, 0.717) is 5.76 Å². The van der Waals surface area contributed by atoms with Gasteiger partial charge in [-0.1, -0.05) is 32.0 Å². The summed E-state index contributed by atoms with van der Waals surface area (Å²) >= 11 is 0. The third-order valence-corrected chi connectivity index (χ3v) is 3.97. The molecule has 24 heavy (non-hydrogen) atoms.